The average Bonchev–Trinajstić information content (AvgIpc) is 2.70. The van der Waals surface area contributed by atoms with Crippen LogP contribution in [-0.4, -0.2) is 29.9 Å². The Morgan fingerprint density at radius 1 is 1.53 bits per heavy atom. The van der Waals surface area contributed by atoms with Gasteiger partial charge in [-0.15, -0.1) is 11.8 Å². The maximum atomic E-state index is 12.8. The summed E-state index contributed by atoms with van der Waals surface area (Å²) in [5.41, 5.74) is 5.92. The fraction of sp³-hybridized carbons (Fsp3) is 0.364. The van der Waals surface area contributed by atoms with Gasteiger partial charge < -0.3 is 15.4 Å². The van der Waals surface area contributed by atoms with Gasteiger partial charge in [-0.3, -0.25) is 4.79 Å². The van der Waals surface area contributed by atoms with E-state index in [0.29, 0.717) is 11.6 Å². The van der Waals surface area contributed by atoms with E-state index in [1.165, 1.54) is 34.9 Å². The standard InChI is InChI=1S/C11H11F3N2O2S/c12-5-11(13,14)18-8-3-1-2-7(4-8)16-6-19-9(15)10(16)17/h1-4,9H,5-6,15H2. The molecular formula is C11H11F3N2O2S. The van der Waals surface area contributed by atoms with E-state index < -0.39 is 18.2 Å². The molecular weight excluding hydrogens is 281 g/mol. The van der Waals surface area contributed by atoms with E-state index in [-0.39, 0.29) is 11.7 Å². The van der Waals surface area contributed by atoms with E-state index in [4.69, 9.17) is 5.73 Å². The first-order chi connectivity index (χ1) is 8.93. The molecule has 1 heterocycles. The molecule has 4 nitrogen and oxygen atoms in total. The molecule has 1 aromatic rings. The van der Waals surface area contributed by atoms with Gasteiger partial charge in [0, 0.05) is 11.8 Å². The largest absolute Gasteiger partial charge is 0.431 e. The van der Waals surface area contributed by atoms with Crippen LogP contribution in [0.4, 0.5) is 18.9 Å². The number of rotatable bonds is 4. The smallest absolute Gasteiger partial charge is 0.427 e. The third kappa shape index (κ3) is 3.13. The van der Waals surface area contributed by atoms with Gasteiger partial charge in [0.2, 0.25) is 0 Å². The molecule has 0 aliphatic carbocycles. The Morgan fingerprint density at radius 2 is 2.26 bits per heavy atom. The topological polar surface area (TPSA) is 55.6 Å². The number of amides is 1. The molecule has 1 aliphatic heterocycles. The summed E-state index contributed by atoms with van der Waals surface area (Å²) in [6, 6.07) is 5.53. The predicted molar refractivity (Wildman–Crippen MR) is 65.9 cm³/mol. The fourth-order valence-electron chi connectivity index (χ4n) is 1.56. The maximum Gasteiger partial charge on any atom is 0.427 e. The Bertz CT molecular complexity index is 487. The zero-order valence-corrected chi connectivity index (χ0v) is 10.5. The number of nitrogens with two attached hydrogens (primary N) is 1. The van der Waals surface area contributed by atoms with Gasteiger partial charge in [0.1, 0.15) is 11.1 Å². The van der Waals surface area contributed by atoms with Crippen molar-refractivity contribution in [1.82, 2.24) is 0 Å². The van der Waals surface area contributed by atoms with Crippen LogP contribution in [0, 0.1) is 0 Å². The molecule has 1 saturated heterocycles. The number of ether oxygens (including phenoxy) is 1. The minimum Gasteiger partial charge on any atom is -0.431 e. The van der Waals surface area contributed by atoms with Gasteiger partial charge >= 0.3 is 6.11 Å². The van der Waals surface area contributed by atoms with Crippen LogP contribution in [0.2, 0.25) is 0 Å². The van der Waals surface area contributed by atoms with Crippen LogP contribution in [0.1, 0.15) is 0 Å². The number of nitrogens with zero attached hydrogens (tertiary/aromatic N) is 1. The Labute approximate surface area is 111 Å². The Hall–Kier alpha value is -1.41. The van der Waals surface area contributed by atoms with Gasteiger partial charge in [0.15, 0.2) is 6.67 Å². The molecule has 19 heavy (non-hydrogen) atoms. The molecule has 0 radical (unpaired) electrons. The number of carbonyl (C=O) groups excluding carboxylic acids is 1. The third-order valence-electron chi connectivity index (χ3n) is 2.44. The summed E-state index contributed by atoms with van der Waals surface area (Å²) in [6.45, 7) is -1.92. The fourth-order valence-corrected chi connectivity index (χ4v) is 2.42. The van der Waals surface area contributed by atoms with Crippen LogP contribution in [-0.2, 0) is 4.79 Å². The quantitative estimate of drug-likeness (QED) is 0.921. The lowest BCUT2D eigenvalue weighted by Crippen LogP contribution is -2.33. The van der Waals surface area contributed by atoms with E-state index in [2.05, 4.69) is 4.74 Å². The molecule has 0 bridgehead atoms. The van der Waals surface area contributed by atoms with Crippen molar-refractivity contribution in [2.24, 2.45) is 5.73 Å². The SMILES string of the molecule is NC1SCN(c2cccc(OC(F)(F)CF)c2)C1=O. The Morgan fingerprint density at radius 3 is 2.84 bits per heavy atom. The molecule has 8 heteroatoms. The summed E-state index contributed by atoms with van der Waals surface area (Å²) >= 11 is 1.24. The van der Waals surface area contributed by atoms with E-state index in [1.807, 2.05) is 0 Å². The molecule has 1 unspecified atom stereocenters. The molecule has 2 rings (SSSR count). The normalized spacial score (nSPS) is 19.9. The van der Waals surface area contributed by atoms with E-state index >= 15 is 0 Å². The second kappa shape index (κ2) is 5.30. The highest BCUT2D eigenvalue weighted by Gasteiger charge is 2.33. The molecule has 1 aromatic carbocycles. The van der Waals surface area contributed by atoms with Crippen molar-refractivity contribution in [2.45, 2.75) is 11.5 Å². The minimum absolute atomic E-state index is 0.210. The summed E-state index contributed by atoms with van der Waals surface area (Å²) in [5, 5.41) is -0.656. The zero-order valence-electron chi connectivity index (χ0n) is 9.68. The first-order valence-corrected chi connectivity index (χ1v) is 6.39. The molecule has 0 aromatic heterocycles. The summed E-state index contributed by atoms with van der Waals surface area (Å²) in [4.78, 5) is 13.0. The van der Waals surface area contributed by atoms with Gasteiger partial charge in [0.05, 0.1) is 5.88 Å². The van der Waals surface area contributed by atoms with Crippen molar-refractivity contribution in [1.29, 1.82) is 0 Å². The third-order valence-corrected chi connectivity index (χ3v) is 3.41. The van der Waals surface area contributed by atoms with Crippen molar-refractivity contribution in [2.75, 3.05) is 17.5 Å². The summed E-state index contributed by atoms with van der Waals surface area (Å²) in [6.07, 6.45) is -3.88. The number of benzene rings is 1. The number of anilines is 1. The summed E-state index contributed by atoms with van der Waals surface area (Å²) in [5.74, 6) is -0.180. The number of halogens is 3. The highest BCUT2D eigenvalue weighted by Crippen LogP contribution is 2.31. The number of hydrogen-bond donors (Lipinski definition) is 1. The van der Waals surface area contributed by atoms with Crippen LogP contribution in [0.3, 0.4) is 0 Å². The van der Waals surface area contributed by atoms with Crippen molar-refractivity contribution < 1.29 is 22.7 Å². The monoisotopic (exact) mass is 292 g/mol. The van der Waals surface area contributed by atoms with Gasteiger partial charge in [0.25, 0.3) is 5.91 Å². The molecule has 1 atom stereocenters. The second-order valence-electron chi connectivity index (χ2n) is 3.85. The van der Waals surface area contributed by atoms with Crippen molar-refractivity contribution in [3.63, 3.8) is 0 Å². The molecule has 0 spiro atoms. The molecule has 1 aliphatic rings. The van der Waals surface area contributed by atoms with Gasteiger partial charge in [-0.1, -0.05) is 6.07 Å². The van der Waals surface area contributed by atoms with Crippen molar-refractivity contribution >= 4 is 23.4 Å². The van der Waals surface area contributed by atoms with Gasteiger partial charge in [-0.2, -0.15) is 8.78 Å². The molecule has 0 saturated carbocycles. The number of thioether (sulfide) groups is 1. The summed E-state index contributed by atoms with van der Waals surface area (Å²) < 4.78 is 41.8. The highest BCUT2D eigenvalue weighted by molar-refractivity contribution is 8.01. The van der Waals surface area contributed by atoms with Crippen LogP contribution < -0.4 is 15.4 Å². The van der Waals surface area contributed by atoms with E-state index in [9.17, 15) is 18.0 Å². The highest BCUT2D eigenvalue weighted by atomic mass is 32.2. The Balaban J connectivity index is 2.18. The van der Waals surface area contributed by atoms with E-state index in [1.54, 1.807) is 6.07 Å². The minimum atomic E-state index is -3.88. The van der Waals surface area contributed by atoms with Crippen LogP contribution in [0.25, 0.3) is 0 Å². The maximum absolute atomic E-state index is 12.8. The predicted octanol–water partition coefficient (Wildman–Crippen LogP) is 1.95. The molecule has 104 valence electrons. The van der Waals surface area contributed by atoms with Crippen LogP contribution in [0.15, 0.2) is 24.3 Å². The van der Waals surface area contributed by atoms with Crippen molar-refractivity contribution in [3.05, 3.63) is 24.3 Å². The lowest BCUT2D eigenvalue weighted by Gasteiger charge is -2.18. The average molecular weight is 292 g/mol. The molecule has 1 fully saturated rings. The summed E-state index contributed by atoms with van der Waals surface area (Å²) in [7, 11) is 0. The van der Waals surface area contributed by atoms with Crippen LogP contribution in [0.5, 0.6) is 5.75 Å². The van der Waals surface area contributed by atoms with Gasteiger partial charge in [-0.05, 0) is 12.1 Å². The zero-order chi connectivity index (χ0) is 14.0. The number of carbonyl (C=O) groups is 1. The second-order valence-corrected chi connectivity index (χ2v) is 4.95. The van der Waals surface area contributed by atoms with E-state index in [0.717, 1.165) is 0 Å². The Kier molecular flexibility index (Phi) is 3.91. The molecule has 1 amide bonds. The lowest BCUT2D eigenvalue weighted by atomic mass is 10.2. The number of hydrogen-bond acceptors (Lipinski definition) is 4. The first-order valence-electron chi connectivity index (χ1n) is 5.34. The number of alkyl halides is 3. The molecule has 2 N–H and O–H groups in total. The van der Waals surface area contributed by atoms with Gasteiger partial charge in [-0.25, -0.2) is 4.39 Å². The van der Waals surface area contributed by atoms with Crippen LogP contribution >= 0.6 is 11.8 Å². The first kappa shape index (κ1) is 14.0. The lowest BCUT2D eigenvalue weighted by molar-refractivity contribution is -0.186. The van der Waals surface area contributed by atoms with Crippen molar-refractivity contribution in [3.8, 4) is 5.75 Å².